The van der Waals surface area contributed by atoms with Crippen molar-refractivity contribution in [3.63, 3.8) is 0 Å². The quantitative estimate of drug-likeness (QED) is 0.601. The number of rotatable bonds is 6. The van der Waals surface area contributed by atoms with E-state index in [2.05, 4.69) is 0 Å². The summed E-state index contributed by atoms with van der Waals surface area (Å²) < 4.78 is 10.7. The van der Waals surface area contributed by atoms with Crippen molar-refractivity contribution in [3.8, 4) is 11.5 Å². The summed E-state index contributed by atoms with van der Waals surface area (Å²) in [5, 5.41) is 23.2. The maximum atomic E-state index is 12.2. The fourth-order valence-electron chi connectivity index (χ4n) is 5.03. The highest BCUT2D eigenvalue weighted by molar-refractivity contribution is 5.56. The number of hydrogen-bond acceptors (Lipinski definition) is 4. The fraction of sp³-hybridized carbons (Fsp3) is 0.308. The summed E-state index contributed by atoms with van der Waals surface area (Å²) in [6.45, 7) is 0. The lowest BCUT2D eigenvalue weighted by molar-refractivity contribution is -0.0866. The first-order valence-corrected chi connectivity index (χ1v) is 10.3. The Morgan fingerprint density at radius 2 is 1.23 bits per heavy atom. The Morgan fingerprint density at radius 3 is 1.63 bits per heavy atom. The molecule has 1 fully saturated rings. The van der Waals surface area contributed by atoms with E-state index in [1.54, 1.807) is 14.2 Å². The molecule has 1 aliphatic rings. The van der Waals surface area contributed by atoms with Gasteiger partial charge in [-0.2, -0.15) is 0 Å². The van der Waals surface area contributed by atoms with Crippen molar-refractivity contribution in [1.29, 1.82) is 0 Å². The molecular weight excluding hydrogens is 376 g/mol. The molecule has 3 aromatic carbocycles. The zero-order valence-corrected chi connectivity index (χ0v) is 17.4. The number of aliphatic hydroxyl groups excluding tert-OH is 1. The zero-order valence-electron chi connectivity index (χ0n) is 17.4. The first-order valence-electron chi connectivity index (χ1n) is 10.3. The second-order valence-corrected chi connectivity index (χ2v) is 7.91. The standard InChI is InChI=1S/C26H28O4/c1-29-22-14-10-20(11-15-22)26(19-7-4-3-5-8-19,25(28)18-6-9-24(25)27)21-12-16-23(30-2)17-13-21/h3-5,7-8,10-17,24,27-28H,6,9,18H2,1-2H3. The van der Waals surface area contributed by atoms with E-state index in [9.17, 15) is 10.2 Å². The first-order chi connectivity index (χ1) is 14.6. The highest BCUT2D eigenvalue weighted by Crippen LogP contribution is 2.54. The lowest BCUT2D eigenvalue weighted by atomic mass is 9.58. The molecule has 1 saturated carbocycles. The van der Waals surface area contributed by atoms with Crippen LogP contribution in [-0.4, -0.2) is 36.1 Å². The molecule has 2 N–H and O–H groups in total. The van der Waals surface area contributed by atoms with Gasteiger partial charge in [0, 0.05) is 0 Å². The smallest absolute Gasteiger partial charge is 0.118 e. The van der Waals surface area contributed by atoms with Gasteiger partial charge in [-0.3, -0.25) is 0 Å². The normalized spacial score (nSPS) is 21.4. The molecule has 0 aromatic heterocycles. The molecule has 0 radical (unpaired) electrons. The van der Waals surface area contributed by atoms with Crippen LogP contribution < -0.4 is 9.47 Å². The Labute approximate surface area is 177 Å². The van der Waals surface area contributed by atoms with E-state index in [0.717, 1.165) is 34.6 Å². The maximum Gasteiger partial charge on any atom is 0.118 e. The molecule has 30 heavy (non-hydrogen) atoms. The van der Waals surface area contributed by atoms with E-state index in [-0.39, 0.29) is 0 Å². The second kappa shape index (κ2) is 8.13. The fourth-order valence-corrected chi connectivity index (χ4v) is 5.03. The monoisotopic (exact) mass is 404 g/mol. The zero-order chi connectivity index (χ0) is 21.2. The summed E-state index contributed by atoms with van der Waals surface area (Å²) in [5.41, 5.74) is 0.426. The van der Waals surface area contributed by atoms with Gasteiger partial charge in [0.15, 0.2) is 0 Å². The lowest BCUT2D eigenvalue weighted by Gasteiger charge is -2.48. The first kappa shape index (κ1) is 20.5. The van der Waals surface area contributed by atoms with Crippen molar-refractivity contribution in [1.82, 2.24) is 0 Å². The predicted molar refractivity (Wildman–Crippen MR) is 117 cm³/mol. The number of aliphatic hydroxyl groups is 2. The van der Waals surface area contributed by atoms with Crippen molar-refractivity contribution >= 4 is 0 Å². The molecule has 0 amide bonds. The molecule has 0 saturated heterocycles. The van der Waals surface area contributed by atoms with E-state index in [1.807, 2.05) is 78.9 Å². The molecule has 0 spiro atoms. The van der Waals surface area contributed by atoms with E-state index < -0.39 is 17.1 Å². The molecule has 0 aliphatic heterocycles. The van der Waals surface area contributed by atoms with Gasteiger partial charge >= 0.3 is 0 Å². The van der Waals surface area contributed by atoms with Crippen LogP contribution in [0.5, 0.6) is 11.5 Å². The molecule has 0 bridgehead atoms. The van der Waals surface area contributed by atoms with Gasteiger partial charge in [-0.15, -0.1) is 0 Å². The highest BCUT2D eigenvalue weighted by atomic mass is 16.5. The average Bonchev–Trinajstić information content (AvgIpc) is 3.15. The van der Waals surface area contributed by atoms with Crippen LogP contribution in [0.25, 0.3) is 0 Å². The maximum absolute atomic E-state index is 12.2. The van der Waals surface area contributed by atoms with Crippen molar-refractivity contribution in [2.75, 3.05) is 14.2 Å². The second-order valence-electron chi connectivity index (χ2n) is 7.91. The van der Waals surface area contributed by atoms with Gasteiger partial charge in [-0.05, 0) is 60.2 Å². The Hall–Kier alpha value is -2.82. The van der Waals surface area contributed by atoms with Crippen LogP contribution in [0.1, 0.15) is 36.0 Å². The van der Waals surface area contributed by atoms with Crippen LogP contribution in [0.3, 0.4) is 0 Å². The molecule has 0 heterocycles. The molecule has 2 atom stereocenters. The molecule has 3 aromatic rings. The predicted octanol–water partition coefficient (Wildman–Crippen LogP) is 4.31. The van der Waals surface area contributed by atoms with Crippen LogP contribution in [-0.2, 0) is 5.41 Å². The van der Waals surface area contributed by atoms with E-state index >= 15 is 0 Å². The summed E-state index contributed by atoms with van der Waals surface area (Å²) in [5.74, 6) is 1.49. The number of methoxy groups -OCH3 is 2. The summed E-state index contributed by atoms with van der Waals surface area (Å²) >= 11 is 0. The van der Waals surface area contributed by atoms with E-state index in [1.165, 1.54) is 0 Å². The van der Waals surface area contributed by atoms with Gasteiger partial charge in [0.05, 0.1) is 25.7 Å². The molecule has 1 aliphatic carbocycles. The van der Waals surface area contributed by atoms with Gasteiger partial charge in [0.1, 0.15) is 17.1 Å². The van der Waals surface area contributed by atoms with E-state index in [4.69, 9.17) is 9.47 Å². The number of benzene rings is 3. The Bertz CT molecular complexity index is 919. The van der Waals surface area contributed by atoms with Crippen LogP contribution in [0, 0.1) is 0 Å². The lowest BCUT2D eigenvalue weighted by Crippen LogP contribution is -2.57. The minimum atomic E-state index is -1.36. The largest absolute Gasteiger partial charge is 0.497 e. The third-order valence-electron chi connectivity index (χ3n) is 6.49. The Kier molecular flexibility index (Phi) is 5.54. The third kappa shape index (κ3) is 3.08. The third-order valence-corrected chi connectivity index (χ3v) is 6.49. The van der Waals surface area contributed by atoms with Gasteiger partial charge in [-0.25, -0.2) is 0 Å². The number of hydrogen-bond donors (Lipinski definition) is 2. The molecular formula is C26H28O4. The number of ether oxygens (including phenoxy) is 2. The summed E-state index contributed by atoms with van der Waals surface area (Å²) in [4.78, 5) is 0. The molecule has 4 nitrogen and oxygen atoms in total. The van der Waals surface area contributed by atoms with Crippen LogP contribution in [0.4, 0.5) is 0 Å². The summed E-state index contributed by atoms with van der Waals surface area (Å²) in [6.07, 6.45) is 0.985. The van der Waals surface area contributed by atoms with Gasteiger partial charge in [0.2, 0.25) is 0 Å². The van der Waals surface area contributed by atoms with Crippen LogP contribution in [0.2, 0.25) is 0 Å². The van der Waals surface area contributed by atoms with Gasteiger partial charge in [0.25, 0.3) is 0 Å². The van der Waals surface area contributed by atoms with Crippen LogP contribution in [0.15, 0.2) is 78.9 Å². The van der Waals surface area contributed by atoms with Crippen molar-refractivity contribution in [3.05, 3.63) is 95.6 Å². The minimum Gasteiger partial charge on any atom is -0.497 e. The van der Waals surface area contributed by atoms with E-state index in [0.29, 0.717) is 12.8 Å². The van der Waals surface area contributed by atoms with Crippen molar-refractivity contribution in [2.45, 2.75) is 36.4 Å². The summed E-state index contributed by atoms with van der Waals surface area (Å²) in [6, 6.07) is 25.5. The topological polar surface area (TPSA) is 58.9 Å². The molecule has 4 rings (SSSR count). The van der Waals surface area contributed by atoms with Gasteiger partial charge < -0.3 is 19.7 Å². The molecule has 156 valence electrons. The summed E-state index contributed by atoms with van der Waals surface area (Å²) in [7, 11) is 3.27. The highest BCUT2D eigenvalue weighted by Gasteiger charge is 2.59. The Balaban J connectivity index is 2.06. The minimum absolute atomic E-state index is 0.501. The van der Waals surface area contributed by atoms with Crippen molar-refractivity contribution < 1.29 is 19.7 Å². The van der Waals surface area contributed by atoms with Gasteiger partial charge in [-0.1, -0.05) is 54.6 Å². The molecule has 2 unspecified atom stereocenters. The Morgan fingerprint density at radius 1 is 0.767 bits per heavy atom. The SMILES string of the molecule is COc1ccc(C(c2ccccc2)(c2ccc(OC)cc2)C2(O)CCCC2O)cc1. The average molecular weight is 405 g/mol. The van der Waals surface area contributed by atoms with Crippen molar-refractivity contribution in [2.24, 2.45) is 0 Å². The van der Waals surface area contributed by atoms with Crippen LogP contribution >= 0.6 is 0 Å². The molecule has 4 heteroatoms.